The zero-order chi connectivity index (χ0) is 13.7. The van der Waals surface area contributed by atoms with Gasteiger partial charge in [0.15, 0.2) is 5.78 Å². The van der Waals surface area contributed by atoms with E-state index in [4.69, 9.17) is 9.47 Å². The summed E-state index contributed by atoms with van der Waals surface area (Å²) in [5.74, 6) is 0.0378. The van der Waals surface area contributed by atoms with Gasteiger partial charge in [0, 0.05) is 12.2 Å². The highest BCUT2D eigenvalue weighted by Crippen LogP contribution is 2.14. The van der Waals surface area contributed by atoms with Gasteiger partial charge in [0.25, 0.3) is 0 Å². The third-order valence-corrected chi connectivity index (χ3v) is 3.51. The molecule has 0 radical (unpaired) electrons. The van der Waals surface area contributed by atoms with Crippen molar-refractivity contribution in [2.75, 3.05) is 13.2 Å². The van der Waals surface area contributed by atoms with Crippen LogP contribution in [0.1, 0.15) is 42.1 Å². The number of aryl methyl sites for hydroxylation is 1. The van der Waals surface area contributed by atoms with Crippen LogP contribution < -0.4 is 0 Å². The summed E-state index contributed by atoms with van der Waals surface area (Å²) in [7, 11) is 0. The molecule has 2 rings (SSSR count). The van der Waals surface area contributed by atoms with E-state index in [1.54, 1.807) is 0 Å². The summed E-state index contributed by atoms with van der Waals surface area (Å²) in [4.78, 5) is 12.2. The predicted octanol–water partition coefficient (Wildman–Crippen LogP) is 3.15. The smallest absolute Gasteiger partial charge is 0.191 e. The average molecular weight is 262 g/mol. The Balaban J connectivity index is 1.83. The Labute approximate surface area is 114 Å². The molecule has 1 aliphatic heterocycles. The van der Waals surface area contributed by atoms with Crippen molar-refractivity contribution in [3.05, 3.63) is 35.4 Å². The summed E-state index contributed by atoms with van der Waals surface area (Å²) in [6.45, 7) is 5.15. The number of ether oxygens (including phenoxy) is 2. The fourth-order valence-corrected chi connectivity index (χ4v) is 2.22. The molecule has 3 heteroatoms. The van der Waals surface area contributed by atoms with E-state index in [0.717, 1.165) is 25.0 Å². The minimum absolute atomic E-state index is 0.0378. The first-order valence-corrected chi connectivity index (χ1v) is 7.01. The van der Waals surface area contributed by atoms with Crippen LogP contribution in [-0.2, 0) is 9.47 Å². The molecule has 1 fully saturated rings. The predicted molar refractivity (Wildman–Crippen MR) is 74.5 cm³/mol. The second kappa shape index (κ2) is 6.83. The Bertz CT molecular complexity index is 405. The van der Waals surface area contributed by atoms with Crippen LogP contribution in [0.5, 0.6) is 0 Å². The molecule has 1 aliphatic rings. The third kappa shape index (κ3) is 4.15. The van der Waals surface area contributed by atoms with Crippen molar-refractivity contribution in [2.24, 2.45) is 0 Å². The zero-order valence-electron chi connectivity index (χ0n) is 11.7. The quantitative estimate of drug-likeness (QED) is 0.765. The van der Waals surface area contributed by atoms with Crippen molar-refractivity contribution in [3.63, 3.8) is 0 Å². The van der Waals surface area contributed by atoms with Crippen molar-refractivity contribution < 1.29 is 14.3 Å². The van der Waals surface area contributed by atoms with Gasteiger partial charge in [-0.25, -0.2) is 0 Å². The maximum atomic E-state index is 12.2. The Morgan fingerprint density at radius 1 is 1.37 bits per heavy atom. The number of benzene rings is 1. The van der Waals surface area contributed by atoms with Gasteiger partial charge in [-0.3, -0.25) is 4.79 Å². The van der Waals surface area contributed by atoms with Crippen LogP contribution in [-0.4, -0.2) is 31.2 Å². The van der Waals surface area contributed by atoms with Crippen LogP contribution >= 0.6 is 0 Å². The summed E-state index contributed by atoms with van der Waals surface area (Å²) in [6, 6.07) is 7.61. The molecule has 2 atom stereocenters. The molecule has 0 bridgehead atoms. The fraction of sp³-hybridized carbons (Fsp3) is 0.562. The van der Waals surface area contributed by atoms with E-state index < -0.39 is 6.10 Å². The lowest BCUT2D eigenvalue weighted by Crippen LogP contribution is -2.29. The Morgan fingerprint density at radius 3 is 2.74 bits per heavy atom. The van der Waals surface area contributed by atoms with Crippen LogP contribution in [0, 0.1) is 6.92 Å². The van der Waals surface area contributed by atoms with E-state index in [0.29, 0.717) is 12.2 Å². The van der Waals surface area contributed by atoms with Gasteiger partial charge in [-0.05, 0) is 33.1 Å². The van der Waals surface area contributed by atoms with Crippen LogP contribution in [0.3, 0.4) is 0 Å². The van der Waals surface area contributed by atoms with Gasteiger partial charge in [-0.2, -0.15) is 0 Å². The first-order chi connectivity index (χ1) is 9.16. The molecule has 0 aliphatic carbocycles. The van der Waals surface area contributed by atoms with Crippen molar-refractivity contribution >= 4 is 5.78 Å². The summed E-state index contributed by atoms with van der Waals surface area (Å²) in [5, 5.41) is 0. The van der Waals surface area contributed by atoms with Crippen LogP contribution in [0.25, 0.3) is 0 Å². The summed E-state index contributed by atoms with van der Waals surface area (Å²) in [6.07, 6.45) is 3.10. The van der Waals surface area contributed by atoms with E-state index in [1.807, 2.05) is 38.1 Å². The monoisotopic (exact) mass is 262 g/mol. The number of carbonyl (C=O) groups excluding carboxylic acids is 1. The Kier molecular flexibility index (Phi) is 5.11. The molecular formula is C16H22O3. The standard InChI is InChI=1S/C16H22O3/c1-12-6-8-14(9-7-12)16(17)13(2)19-11-15-5-3-4-10-18-15/h6-9,13,15H,3-5,10-11H2,1-2H3. The van der Waals surface area contributed by atoms with Gasteiger partial charge in [-0.1, -0.05) is 29.8 Å². The molecule has 1 saturated heterocycles. The number of ketones is 1. The average Bonchev–Trinajstić information content (AvgIpc) is 2.46. The maximum absolute atomic E-state index is 12.2. The van der Waals surface area contributed by atoms with E-state index in [-0.39, 0.29) is 11.9 Å². The first kappa shape index (κ1) is 14.2. The maximum Gasteiger partial charge on any atom is 0.191 e. The molecule has 0 N–H and O–H groups in total. The van der Waals surface area contributed by atoms with Gasteiger partial charge in [0.1, 0.15) is 6.10 Å². The minimum atomic E-state index is -0.409. The van der Waals surface area contributed by atoms with Crippen molar-refractivity contribution in [3.8, 4) is 0 Å². The molecule has 19 heavy (non-hydrogen) atoms. The third-order valence-electron chi connectivity index (χ3n) is 3.51. The lowest BCUT2D eigenvalue weighted by Gasteiger charge is -2.23. The zero-order valence-corrected chi connectivity index (χ0v) is 11.7. The fourth-order valence-electron chi connectivity index (χ4n) is 2.22. The highest BCUT2D eigenvalue weighted by molar-refractivity contribution is 5.99. The highest BCUT2D eigenvalue weighted by Gasteiger charge is 2.19. The van der Waals surface area contributed by atoms with Crippen LogP contribution in [0.2, 0.25) is 0 Å². The van der Waals surface area contributed by atoms with E-state index in [9.17, 15) is 4.79 Å². The van der Waals surface area contributed by atoms with Crippen LogP contribution in [0.4, 0.5) is 0 Å². The molecule has 0 saturated carbocycles. The number of hydrogen-bond donors (Lipinski definition) is 0. The molecule has 3 nitrogen and oxygen atoms in total. The highest BCUT2D eigenvalue weighted by atomic mass is 16.5. The largest absolute Gasteiger partial charge is 0.376 e. The van der Waals surface area contributed by atoms with E-state index >= 15 is 0 Å². The molecular weight excluding hydrogens is 240 g/mol. The molecule has 0 aromatic heterocycles. The summed E-state index contributed by atoms with van der Waals surface area (Å²) in [5.41, 5.74) is 1.86. The number of Topliss-reactive ketones (excluding diaryl/α,β-unsaturated/α-hetero) is 1. The molecule has 2 unspecified atom stereocenters. The van der Waals surface area contributed by atoms with Crippen molar-refractivity contribution in [2.45, 2.75) is 45.3 Å². The molecule has 0 spiro atoms. The van der Waals surface area contributed by atoms with Gasteiger partial charge < -0.3 is 9.47 Å². The summed E-state index contributed by atoms with van der Waals surface area (Å²) >= 11 is 0. The van der Waals surface area contributed by atoms with Gasteiger partial charge >= 0.3 is 0 Å². The van der Waals surface area contributed by atoms with E-state index in [1.165, 1.54) is 6.42 Å². The Hall–Kier alpha value is -1.19. The second-order valence-corrected chi connectivity index (χ2v) is 5.19. The SMILES string of the molecule is Cc1ccc(C(=O)C(C)OCC2CCCCO2)cc1. The molecule has 1 aromatic rings. The molecule has 1 aromatic carbocycles. The van der Waals surface area contributed by atoms with Gasteiger partial charge in [-0.15, -0.1) is 0 Å². The lowest BCUT2D eigenvalue weighted by atomic mass is 10.1. The normalized spacial score (nSPS) is 21.1. The minimum Gasteiger partial charge on any atom is -0.376 e. The second-order valence-electron chi connectivity index (χ2n) is 5.19. The number of carbonyl (C=O) groups is 1. The van der Waals surface area contributed by atoms with Gasteiger partial charge in [0.2, 0.25) is 0 Å². The van der Waals surface area contributed by atoms with Crippen molar-refractivity contribution in [1.29, 1.82) is 0 Å². The van der Waals surface area contributed by atoms with Gasteiger partial charge in [0.05, 0.1) is 12.7 Å². The van der Waals surface area contributed by atoms with Crippen molar-refractivity contribution in [1.82, 2.24) is 0 Å². The summed E-state index contributed by atoms with van der Waals surface area (Å²) < 4.78 is 11.2. The number of hydrogen-bond acceptors (Lipinski definition) is 3. The van der Waals surface area contributed by atoms with Crippen LogP contribution in [0.15, 0.2) is 24.3 Å². The van der Waals surface area contributed by atoms with E-state index in [2.05, 4.69) is 0 Å². The lowest BCUT2D eigenvalue weighted by molar-refractivity contribution is -0.0526. The molecule has 1 heterocycles. The topological polar surface area (TPSA) is 35.5 Å². The first-order valence-electron chi connectivity index (χ1n) is 7.01. The number of rotatable bonds is 5. The molecule has 104 valence electrons. The Morgan fingerprint density at radius 2 is 2.11 bits per heavy atom. The molecule has 0 amide bonds.